The Hall–Kier alpha value is 0.0700. The summed E-state index contributed by atoms with van der Waals surface area (Å²) in [5.41, 5.74) is 0. The number of nitrogens with one attached hydrogen (secondary N) is 1. The monoisotopic (exact) mass is 246 g/mol. The molecule has 1 aliphatic rings. The molecule has 1 heterocycles. The van der Waals surface area contributed by atoms with Crippen LogP contribution in [0.2, 0.25) is 0 Å². The zero-order valence-electron chi connectivity index (χ0n) is 10.7. The molecule has 0 aromatic heterocycles. The van der Waals surface area contributed by atoms with Crippen LogP contribution in [0.5, 0.6) is 0 Å². The Kier molecular flexibility index (Phi) is 7.25. The number of rotatable bonds is 7. The average molecular weight is 246 g/mol. The zero-order valence-corrected chi connectivity index (χ0v) is 11.5. The second-order valence-corrected chi connectivity index (χ2v) is 6.69. The highest BCUT2D eigenvalue weighted by atomic mass is 32.2. The van der Waals surface area contributed by atoms with Gasteiger partial charge in [0.25, 0.3) is 0 Å². The number of unbranched alkanes of at least 4 members (excludes halogenated alkanes) is 1. The van der Waals surface area contributed by atoms with Gasteiger partial charge in [0.2, 0.25) is 0 Å². The molecule has 0 aromatic rings. The van der Waals surface area contributed by atoms with E-state index >= 15 is 0 Å². The van der Waals surface area contributed by atoms with E-state index in [2.05, 4.69) is 24.1 Å². The summed E-state index contributed by atoms with van der Waals surface area (Å²) >= 11 is 0. The smallest absolute Gasteiger partial charge is 0.0363 e. The molecule has 0 amide bonds. The molecule has 1 saturated heterocycles. The van der Waals surface area contributed by atoms with E-state index in [1.807, 2.05) is 0 Å². The molecule has 0 unspecified atom stereocenters. The molecule has 0 spiro atoms. The SMILES string of the molecule is CC(C)CNCCCCN1CCS(=O)CC1. The third-order valence-electron chi connectivity index (χ3n) is 2.90. The Balaban J connectivity index is 1.89. The molecule has 0 aliphatic carbocycles. The van der Waals surface area contributed by atoms with Gasteiger partial charge in [0.15, 0.2) is 0 Å². The van der Waals surface area contributed by atoms with Crippen molar-refractivity contribution >= 4 is 10.8 Å². The van der Waals surface area contributed by atoms with E-state index in [4.69, 9.17) is 0 Å². The van der Waals surface area contributed by atoms with Crippen molar-refractivity contribution in [1.82, 2.24) is 10.2 Å². The van der Waals surface area contributed by atoms with Crippen LogP contribution in [-0.4, -0.2) is 53.3 Å². The van der Waals surface area contributed by atoms with Gasteiger partial charge in [-0.25, -0.2) is 0 Å². The summed E-state index contributed by atoms with van der Waals surface area (Å²) in [6.07, 6.45) is 2.52. The van der Waals surface area contributed by atoms with Crippen LogP contribution in [0, 0.1) is 5.92 Å². The Morgan fingerprint density at radius 2 is 1.94 bits per heavy atom. The number of hydrogen-bond donors (Lipinski definition) is 1. The van der Waals surface area contributed by atoms with Crippen LogP contribution in [0.1, 0.15) is 26.7 Å². The standard InChI is InChI=1S/C12H26N2OS/c1-12(2)11-13-5-3-4-6-14-7-9-16(15)10-8-14/h12-13H,3-11H2,1-2H3. The van der Waals surface area contributed by atoms with Crippen LogP contribution < -0.4 is 5.32 Å². The van der Waals surface area contributed by atoms with Crippen molar-refractivity contribution in [3.63, 3.8) is 0 Å². The van der Waals surface area contributed by atoms with Gasteiger partial charge in [-0.15, -0.1) is 0 Å². The van der Waals surface area contributed by atoms with Crippen LogP contribution in [0.4, 0.5) is 0 Å². The van der Waals surface area contributed by atoms with Crippen molar-refractivity contribution in [2.75, 3.05) is 44.2 Å². The highest BCUT2D eigenvalue weighted by Crippen LogP contribution is 2.02. The highest BCUT2D eigenvalue weighted by Gasteiger charge is 2.13. The van der Waals surface area contributed by atoms with Gasteiger partial charge in [-0.05, 0) is 38.4 Å². The molecular formula is C12H26N2OS. The van der Waals surface area contributed by atoms with E-state index in [0.717, 1.165) is 43.6 Å². The number of nitrogens with zero attached hydrogens (tertiary/aromatic N) is 1. The molecule has 4 heteroatoms. The fourth-order valence-corrected chi connectivity index (χ4v) is 3.00. The lowest BCUT2D eigenvalue weighted by molar-refractivity contribution is 0.292. The molecule has 1 N–H and O–H groups in total. The third kappa shape index (κ3) is 6.61. The Morgan fingerprint density at radius 3 is 2.56 bits per heavy atom. The van der Waals surface area contributed by atoms with E-state index in [0.29, 0.717) is 0 Å². The van der Waals surface area contributed by atoms with Gasteiger partial charge < -0.3 is 10.2 Å². The lowest BCUT2D eigenvalue weighted by Crippen LogP contribution is -2.38. The maximum Gasteiger partial charge on any atom is 0.0363 e. The topological polar surface area (TPSA) is 32.3 Å². The van der Waals surface area contributed by atoms with Crippen LogP contribution in [0.3, 0.4) is 0 Å². The quantitative estimate of drug-likeness (QED) is 0.682. The minimum Gasteiger partial charge on any atom is -0.316 e. The van der Waals surface area contributed by atoms with E-state index in [1.54, 1.807) is 0 Å². The largest absolute Gasteiger partial charge is 0.316 e. The first kappa shape index (κ1) is 14.1. The molecule has 16 heavy (non-hydrogen) atoms. The molecule has 0 radical (unpaired) electrons. The predicted molar refractivity (Wildman–Crippen MR) is 71.3 cm³/mol. The normalized spacial score (nSPS) is 19.4. The van der Waals surface area contributed by atoms with Gasteiger partial charge in [0.1, 0.15) is 0 Å². The summed E-state index contributed by atoms with van der Waals surface area (Å²) in [4.78, 5) is 2.45. The Morgan fingerprint density at radius 1 is 1.25 bits per heavy atom. The van der Waals surface area contributed by atoms with Gasteiger partial charge in [-0.3, -0.25) is 4.21 Å². The summed E-state index contributed by atoms with van der Waals surface area (Å²) < 4.78 is 11.2. The van der Waals surface area contributed by atoms with Gasteiger partial charge in [0.05, 0.1) is 0 Å². The summed E-state index contributed by atoms with van der Waals surface area (Å²) in [6.45, 7) is 9.99. The van der Waals surface area contributed by atoms with Crippen LogP contribution in [-0.2, 0) is 10.8 Å². The maximum absolute atomic E-state index is 11.2. The predicted octanol–water partition coefficient (Wildman–Crippen LogP) is 1.08. The Labute approximate surface area is 102 Å². The van der Waals surface area contributed by atoms with Crippen molar-refractivity contribution in [2.45, 2.75) is 26.7 Å². The molecule has 1 aliphatic heterocycles. The molecule has 0 aromatic carbocycles. The van der Waals surface area contributed by atoms with Crippen molar-refractivity contribution in [3.8, 4) is 0 Å². The summed E-state index contributed by atoms with van der Waals surface area (Å²) in [6, 6.07) is 0. The lowest BCUT2D eigenvalue weighted by Gasteiger charge is -2.25. The molecule has 1 fully saturated rings. The molecule has 3 nitrogen and oxygen atoms in total. The summed E-state index contributed by atoms with van der Waals surface area (Å²) in [5.74, 6) is 2.51. The number of hydrogen-bond acceptors (Lipinski definition) is 3. The molecular weight excluding hydrogens is 220 g/mol. The van der Waals surface area contributed by atoms with Crippen molar-refractivity contribution in [3.05, 3.63) is 0 Å². The minimum absolute atomic E-state index is 0.531. The van der Waals surface area contributed by atoms with Crippen molar-refractivity contribution in [2.24, 2.45) is 5.92 Å². The molecule has 0 bridgehead atoms. The average Bonchev–Trinajstić information content (AvgIpc) is 2.25. The fraction of sp³-hybridized carbons (Fsp3) is 1.00. The van der Waals surface area contributed by atoms with Gasteiger partial charge in [-0.2, -0.15) is 0 Å². The van der Waals surface area contributed by atoms with Crippen LogP contribution in [0.15, 0.2) is 0 Å². The second kappa shape index (κ2) is 8.20. The molecule has 96 valence electrons. The first-order chi connectivity index (χ1) is 7.68. The van der Waals surface area contributed by atoms with Gasteiger partial charge in [-0.1, -0.05) is 13.8 Å². The molecule has 0 saturated carbocycles. The first-order valence-corrected chi connectivity index (χ1v) is 7.95. The highest BCUT2D eigenvalue weighted by molar-refractivity contribution is 7.85. The van der Waals surface area contributed by atoms with Crippen LogP contribution in [0.25, 0.3) is 0 Å². The maximum atomic E-state index is 11.2. The lowest BCUT2D eigenvalue weighted by atomic mass is 10.2. The summed E-state index contributed by atoms with van der Waals surface area (Å²) in [5, 5.41) is 3.46. The second-order valence-electron chi connectivity index (χ2n) is 4.99. The van der Waals surface area contributed by atoms with E-state index < -0.39 is 10.8 Å². The van der Waals surface area contributed by atoms with Crippen molar-refractivity contribution in [1.29, 1.82) is 0 Å². The van der Waals surface area contributed by atoms with E-state index in [1.165, 1.54) is 19.4 Å². The molecule has 0 atom stereocenters. The van der Waals surface area contributed by atoms with Gasteiger partial charge >= 0.3 is 0 Å². The van der Waals surface area contributed by atoms with Crippen LogP contribution >= 0.6 is 0 Å². The van der Waals surface area contributed by atoms with Gasteiger partial charge in [0, 0.05) is 35.4 Å². The fourth-order valence-electron chi connectivity index (χ4n) is 1.88. The summed E-state index contributed by atoms with van der Waals surface area (Å²) in [7, 11) is -0.531. The molecule has 1 rings (SSSR count). The zero-order chi connectivity index (χ0) is 11.8. The van der Waals surface area contributed by atoms with E-state index in [9.17, 15) is 4.21 Å². The van der Waals surface area contributed by atoms with E-state index in [-0.39, 0.29) is 0 Å². The Bertz CT molecular complexity index is 199. The minimum atomic E-state index is -0.531. The van der Waals surface area contributed by atoms with Crippen molar-refractivity contribution < 1.29 is 4.21 Å². The first-order valence-electron chi connectivity index (χ1n) is 6.46. The third-order valence-corrected chi connectivity index (χ3v) is 4.18.